The highest BCUT2D eigenvalue weighted by atomic mass is 16.6. The Kier molecular flexibility index (Phi) is 54.3. The summed E-state index contributed by atoms with van der Waals surface area (Å²) >= 11 is 0. The molecule has 380 valence electrons. The van der Waals surface area contributed by atoms with Crippen LogP contribution in [0.5, 0.6) is 0 Å². The van der Waals surface area contributed by atoms with Crippen LogP contribution in [0.2, 0.25) is 0 Å². The number of aliphatic hydroxyl groups excluding tert-OH is 6. The standard InChI is InChI=1S/C30H62O10.C16H33NO6/c1-2-3-4-5-6-7-8-9-10-11-13-32-15-17-34-19-21-36-23-25-38-27-29-40-30-28-39-26-24-37-22-20-35-18-16-33-14-12-31;1-3-4-5-6-7-8-9-14(21)17(2)10-12(19)15(22)16(23)13(20)11-18/h31H,2-30H2,1H3;12-13,15-16,18-20,22-23H,3-11H2,1-2H3. The lowest BCUT2D eigenvalue weighted by atomic mass is 10.0. The molecule has 0 radical (unpaired) electrons. The Hall–Kier alpha value is -1.13. The average molecular weight is 918 g/mol. The number of hydrogen-bond acceptors (Lipinski definition) is 16. The van der Waals surface area contributed by atoms with Crippen molar-refractivity contribution in [3.8, 4) is 0 Å². The molecule has 6 N–H and O–H groups in total. The van der Waals surface area contributed by atoms with Gasteiger partial charge in [0.05, 0.1) is 126 Å². The zero-order valence-electron chi connectivity index (χ0n) is 39.9. The van der Waals surface area contributed by atoms with Crippen molar-refractivity contribution >= 4 is 5.91 Å². The smallest absolute Gasteiger partial charge is 0.222 e. The summed E-state index contributed by atoms with van der Waals surface area (Å²) in [5.41, 5.74) is 0. The molecule has 0 saturated heterocycles. The quantitative estimate of drug-likeness (QED) is 0.0479. The maximum atomic E-state index is 11.9. The fraction of sp³-hybridized carbons (Fsp3) is 0.978. The van der Waals surface area contributed by atoms with Gasteiger partial charge in [0, 0.05) is 26.6 Å². The van der Waals surface area contributed by atoms with E-state index in [0.717, 1.165) is 32.3 Å². The average Bonchev–Trinajstić information content (AvgIpc) is 3.29. The predicted molar refractivity (Wildman–Crippen MR) is 243 cm³/mol. The predicted octanol–water partition coefficient (Wildman–Crippen LogP) is 3.68. The van der Waals surface area contributed by atoms with Crippen LogP contribution in [-0.2, 0) is 47.4 Å². The van der Waals surface area contributed by atoms with Crippen LogP contribution in [0.1, 0.15) is 123 Å². The normalized spacial score (nSPS) is 13.4. The Morgan fingerprint density at radius 3 is 1.02 bits per heavy atom. The molecule has 63 heavy (non-hydrogen) atoms. The zero-order valence-corrected chi connectivity index (χ0v) is 39.9. The molecule has 0 heterocycles. The van der Waals surface area contributed by atoms with Gasteiger partial charge in [-0.05, 0) is 12.8 Å². The summed E-state index contributed by atoms with van der Waals surface area (Å²) in [4.78, 5) is 13.2. The van der Waals surface area contributed by atoms with E-state index in [1.807, 2.05) is 0 Å². The van der Waals surface area contributed by atoms with E-state index in [2.05, 4.69) is 13.8 Å². The van der Waals surface area contributed by atoms with E-state index in [4.69, 9.17) is 52.8 Å². The minimum absolute atomic E-state index is 0.0325. The second-order valence-electron chi connectivity index (χ2n) is 15.5. The SMILES string of the molecule is CCCCCCCCC(=O)N(C)CC(O)C(O)C(O)C(O)CO.CCCCCCCCCCCCOCCOCCOCCOCCOCCOCCOCCOCCOCCO. The lowest BCUT2D eigenvalue weighted by Crippen LogP contribution is -2.49. The summed E-state index contributed by atoms with van der Waals surface area (Å²) in [6, 6.07) is 0. The summed E-state index contributed by atoms with van der Waals surface area (Å²) in [5, 5.41) is 55.6. The molecular formula is C46H95NO16. The molecule has 4 atom stereocenters. The second kappa shape index (κ2) is 53.5. The van der Waals surface area contributed by atoms with Crippen LogP contribution in [0.15, 0.2) is 0 Å². The van der Waals surface area contributed by atoms with E-state index in [1.54, 1.807) is 0 Å². The summed E-state index contributed by atoms with van der Waals surface area (Å²) in [7, 11) is 1.52. The first-order chi connectivity index (χ1) is 30.8. The summed E-state index contributed by atoms with van der Waals surface area (Å²) in [5.74, 6) is -0.135. The van der Waals surface area contributed by atoms with Gasteiger partial charge in [0.15, 0.2) is 0 Å². The van der Waals surface area contributed by atoms with E-state index in [-0.39, 0.29) is 19.1 Å². The third-order valence-electron chi connectivity index (χ3n) is 9.81. The van der Waals surface area contributed by atoms with Gasteiger partial charge in [0.2, 0.25) is 5.91 Å². The van der Waals surface area contributed by atoms with Gasteiger partial charge in [-0.2, -0.15) is 0 Å². The van der Waals surface area contributed by atoms with Crippen LogP contribution in [0, 0.1) is 0 Å². The van der Waals surface area contributed by atoms with E-state index in [1.165, 1.54) is 89.0 Å². The summed E-state index contributed by atoms with van der Waals surface area (Å²) in [6.07, 6.45) is 14.0. The van der Waals surface area contributed by atoms with Gasteiger partial charge in [-0.25, -0.2) is 0 Å². The molecular weight excluding hydrogens is 822 g/mol. The van der Waals surface area contributed by atoms with Crippen molar-refractivity contribution in [3.63, 3.8) is 0 Å². The number of ether oxygens (including phenoxy) is 9. The Labute approximate surface area is 381 Å². The van der Waals surface area contributed by atoms with E-state index >= 15 is 0 Å². The number of hydrogen-bond donors (Lipinski definition) is 6. The zero-order chi connectivity index (χ0) is 46.7. The maximum absolute atomic E-state index is 11.9. The number of carbonyl (C=O) groups excluding carboxylic acids is 1. The molecule has 1 amide bonds. The molecule has 17 nitrogen and oxygen atoms in total. The highest BCUT2D eigenvalue weighted by Gasteiger charge is 2.31. The van der Waals surface area contributed by atoms with Crippen molar-refractivity contribution in [1.82, 2.24) is 4.90 Å². The number of carbonyl (C=O) groups is 1. The third-order valence-corrected chi connectivity index (χ3v) is 9.81. The number of nitrogens with zero attached hydrogens (tertiary/aromatic N) is 1. The molecule has 0 aromatic heterocycles. The van der Waals surface area contributed by atoms with Crippen molar-refractivity contribution in [2.75, 3.05) is 146 Å². The van der Waals surface area contributed by atoms with Gasteiger partial charge in [0.25, 0.3) is 0 Å². The molecule has 0 aromatic carbocycles. The molecule has 0 aromatic rings. The van der Waals surface area contributed by atoms with Crippen molar-refractivity contribution in [2.24, 2.45) is 0 Å². The van der Waals surface area contributed by atoms with Crippen molar-refractivity contribution < 1.29 is 78.1 Å². The Morgan fingerprint density at radius 1 is 0.397 bits per heavy atom. The summed E-state index contributed by atoms with van der Waals surface area (Å²) in [6.45, 7) is 13.4. The Morgan fingerprint density at radius 2 is 0.683 bits per heavy atom. The number of unbranched alkanes of at least 4 members (excludes halogenated alkanes) is 14. The highest BCUT2D eigenvalue weighted by molar-refractivity contribution is 5.75. The lowest BCUT2D eigenvalue weighted by Gasteiger charge is -2.28. The molecule has 0 fully saturated rings. The van der Waals surface area contributed by atoms with Crippen LogP contribution in [-0.4, -0.2) is 212 Å². The van der Waals surface area contributed by atoms with Crippen molar-refractivity contribution in [2.45, 2.75) is 147 Å². The van der Waals surface area contributed by atoms with Gasteiger partial charge in [-0.15, -0.1) is 0 Å². The molecule has 0 rings (SSSR count). The lowest BCUT2D eigenvalue weighted by molar-refractivity contribution is -0.138. The third kappa shape index (κ3) is 48.6. The van der Waals surface area contributed by atoms with Crippen molar-refractivity contribution in [1.29, 1.82) is 0 Å². The number of aliphatic hydroxyl groups is 6. The Bertz CT molecular complexity index is 844. The summed E-state index contributed by atoms with van der Waals surface area (Å²) < 4.78 is 48.9. The maximum Gasteiger partial charge on any atom is 0.222 e. The molecule has 4 unspecified atom stereocenters. The molecule has 0 aliphatic rings. The van der Waals surface area contributed by atoms with E-state index in [0.29, 0.717) is 119 Å². The Balaban J connectivity index is 0. The molecule has 17 heteroatoms. The highest BCUT2D eigenvalue weighted by Crippen LogP contribution is 2.12. The monoisotopic (exact) mass is 918 g/mol. The van der Waals surface area contributed by atoms with Crippen molar-refractivity contribution in [3.05, 3.63) is 0 Å². The van der Waals surface area contributed by atoms with Gasteiger partial charge in [-0.3, -0.25) is 4.79 Å². The first-order valence-electron chi connectivity index (χ1n) is 24.1. The minimum Gasteiger partial charge on any atom is -0.394 e. The molecule has 0 aliphatic carbocycles. The first-order valence-corrected chi connectivity index (χ1v) is 24.1. The number of rotatable bonds is 50. The minimum atomic E-state index is -1.67. The van der Waals surface area contributed by atoms with E-state index < -0.39 is 31.0 Å². The van der Waals surface area contributed by atoms with Gasteiger partial charge in [-0.1, -0.05) is 104 Å². The first kappa shape index (κ1) is 64.0. The largest absolute Gasteiger partial charge is 0.394 e. The van der Waals surface area contributed by atoms with Gasteiger partial charge < -0.3 is 78.2 Å². The van der Waals surface area contributed by atoms with Crippen LogP contribution in [0.3, 0.4) is 0 Å². The van der Waals surface area contributed by atoms with Crippen LogP contribution >= 0.6 is 0 Å². The van der Waals surface area contributed by atoms with E-state index in [9.17, 15) is 25.2 Å². The fourth-order valence-corrected chi connectivity index (χ4v) is 5.92. The van der Waals surface area contributed by atoms with Gasteiger partial charge in [0.1, 0.15) is 24.4 Å². The number of likely N-dealkylation sites (N-methyl/N-ethyl adjacent to an activating group) is 1. The van der Waals surface area contributed by atoms with Crippen LogP contribution in [0.4, 0.5) is 0 Å². The van der Waals surface area contributed by atoms with Crippen LogP contribution in [0.25, 0.3) is 0 Å². The molecule has 0 bridgehead atoms. The van der Waals surface area contributed by atoms with Gasteiger partial charge >= 0.3 is 0 Å². The molecule has 0 saturated carbocycles. The molecule has 0 aliphatic heterocycles. The topological polar surface area (TPSA) is 225 Å². The number of amides is 1. The fourth-order valence-electron chi connectivity index (χ4n) is 5.92. The molecule has 0 spiro atoms. The van der Waals surface area contributed by atoms with Crippen LogP contribution < -0.4 is 0 Å². The second-order valence-corrected chi connectivity index (χ2v) is 15.5.